The minimum atomic E-state index is -0.262. The van der Waals surface area contributed by atoms with E-state index in [1.807, 2.05) is 13.8 Å². The van der Waals surface area contributed by atoms with E-state index in [1.54, 1.807) is 7.11 Å². The number of amides is 1. The van der Waals surface area contributed by atoms with Crippen LogP contribution in [0.2, 0.25) is 0 Å². The first-order valence-electron chi connectivity index (χ1n) is 6.02. The molecule has 1 aliphatic carbocycles. The molecule has 2 atom stereocenters. The summed E-state index contributed by atoms with van der Waals surface area (Å²) < 4.78 is 5.27. The van der Waals surface area contributed by atoms with Crippen LogP contribution in [0.4, 0.5) is 0 Å². The normalized spacial score (nSPS) is 25.8. The van der Waals surface area contributed by atoms with E-state index in [1.165, 1.54) is 0 Å². The fourth-order valence-corrected chi connectivity index (χ4v) is 2.02. The summed E-state index contributed by atoms with van der Waals surface area (Å²) in [7, 11) is 1.73. The Hall–Kier alpha value is -0.610. The van der Waals surface area contributed by atoms with Crippen molar-refractivity contribution < 1.29 is 9.53 Å². The van der Waals surface area contributed by atoms with Gasteiger partial charge in [0.1, 0.15) is 0 Å². The van der Waals surface area contributed by atoms with Crippen LogP contribution in [-0.4, -0.2) is 30.7 Å². The summed E-state index contributed by atoms with van der Waals surface area (Å²) in [4.78, 5) is 11.6. The molecule has 0 aliphatic heterocycles. The minimum absolute atomic E-state index is 0.111. The second-order valence-electron chi connectivity index (χ2n) is 5.42. The summed E-state index contributed by atoms with van der Waals surface area (Å²) in [6, 6.07) is 0.290. The molecule has 0 spiro atoms. The van der Waals surface area contributed by atoms with Crippen LogP contribution in [-0.2, 0) is 9.53 Å². The SMILES string of the molecule is COC1CCC(NC(=O)CCC(C)(C)N)C1. The van der Waals surface area contributed by atoms with E-state index in [4.69, 9.17) is 10.5 Å². The highest BCUT2D eigenvalue weighted by molar-refractivity contribution is 5.76. The minimum Gasteiger partial charge on any atom is -0.381 e. The molecule has 0 radical (unpaired) electrons. The van der Waals surface area contributed by atoms with Crippen molar-refractivity contribution in [2.45, 2.75) is 63.6 Å². The lowest BCUT2D eigenvalue weighted by atomic mass is 10.00. The number of nitrogens with two attached hydrogens (primary N) is 1. The summed E-state index contributed by atoms with van der Waals surface area (Å²) in [5.41, 5.74) is 5.57. The lowest BCUT2D eigenvalue weighted by Crippen LogP contribution is -2.37. The highest BCUT2D eigenvalue weighted by Gasteiger charge is 2.25. The molecule has 2 unspecified atom stereocenters. The highest BCUT2D eigenvalue weighted by Crippen LogP contribution is 2.21. The summed E-state index contributed by atoms with van der Waals surface area (Å²) >= 11 is 0. The zero-order valence-corrected chi connectivity index (χ0v) is 10.6. The molecular weight excluding hydrogens is 204 g/mol. The van der Waals surface area contributed by atoms with Crippen molar-refractivity contribution in [3.05, 3.63) is 0 Å². The summed E-state index contributed by atoms with van der Waals surface area (Å²) in [6.07, 6.45) is 4.56. The third-order valence-electron chi connectivity index (χ3n) is 3.08. The summed E-state index contributed by atoms with van der Waals surface area (Å²) in [5, 5.41) is 3.04. The van der Waals surface area contributed by atoms with Crippen LogP contribution in [0.1, 0.15) is 46.0 Å². The number of hydrogen-bond donors (Lipinski definition) is 2. The number of hydrogen-bond acceptors (Lipinski definition) is 3. The smallest absolute Gasteiger partial charge is 0.220 e. The van der Waals surface area contributed by atoms with Crippen molar-refractivity contribution in [2.75, 3.05) is 7.11 Å². The predicted molar refractivity (Wildman–Crippen MR) is 64.1 cm³/mol. The summed E-state index contributed by atoms with van der Waals surface area (Å²) in [5.74, 6) is 0.111. The Labute approximate surface area is 97.9 Å². The van der Waals surface area contributed by atoms with Crippen LogP contribution < -0.4 is 11.1 Å². The van der Waals surface area contributed by atoms with Crippen LogP contribution in [0.15, 0.2) is 0 Å². The average molecular weight is 228 g/mol. The summed E-state index contributed by atoms with van der Waals surface area (Å²) in [6.45, 7) is 3.88. The second kappa shape index (κ2) is 5.64. The van der Waals surface area contributed by atoms with E-state index in [0.29, 0.717) is 18.6 Å². The number of rotatable bonds is 5. The molecule has 1 rings (SSSR count). The number of methoxy groups -OCH3 is 1. The van der Waals surface area contributed by atoms with E-state index >= 15 is 0 Å². The van der Waals surface area contributed by atoms with Gasteiger partial charge < -0.3 is 15.8 Å². The average Bonchev–Trinajstić information content (AvgIpc) is 2.61. The highest BCUT2D eigenvalue weighted by atomic mass is 16.5. The number of ether oxygens (including phenoxy) is 1. The maximum atomic E-state index is 11.6. The van der Waals surface area contributed by atoms with Crippen molar-refractivity contribution in [3.8, 4) is 0 Å². The Morgan fingerprint density at radius 3 is 2.69 bits per heavy atom. The molecule has 0 aromatic heterocycles. The first kappa shape index (κ1) is 13.5. The fraction of sp³-hybridized carbons (Fsp3) is 0.917. The van der Waals surface area contributed by atoms with Gasteiger partial charge in [-0.05, 0) is 39.5 Å². The number of carbonyl (C=O) groups is 1. The van der Waals surface area contributed by atoms with Gasteiger partial charge in [0.05, 0.1) is 6.10 Å². The molecule has 0 saturated heterocycles. The van der Waals surface area contributed by atoms with Gasteiger partial charge in [-0.3, -0.25) is 4.79 Å². The first-order valence-corrected chi connectivity index (χ1v) is 6.02. The van der Waals surface area contributed by atoms with Crippen molar-refractivity contribution in [3.63, 3.8) is 0 Å². The largest absolute Gasteiger partial charge is 0.381 e. The Bertz CT molecular complexity index is 236. The first-order chi connectivity index (χ1) is 7.40. The molecule has 4 heteroatoms. The third-order valence-corrected chi connectivity index (χ3v) is 3.08. The monoisotopic (exact) mass is 228 g/mol. The van der Waals surface area contributed by atoms with Gasteiger partial charge in [0.25, 0.3) is 0 Å². The third kappa shape index (κ3) is 4.94. The van der Waals surface area contributed by atoms with Gasteiger partial charge in [-0.25, -0.2) is 0 Å². The van der Waals surface area contributed by atoms with E-state index < -0.39 is 0 Å². The standard InChI is InChI=1S/C12H24N2O2/c1-12(2,13)7-6-11(15)14-9-4-5-10(8-9)16-3/h9-10H,4-8,13H2,1-3H3,(H,14,15). The van der Waals surface area contributed by atoms with Crippen LogP contribution in [0.3, 0.4) is 0 Å². The van der Waals surface area contributed by atoms with Crippen molar-refractivity contribution in [2.24, 2.45) is 5.73 Å². The van der Waals surface area contributed by atoms with Gasteiger partial charge in [-0.1, -0.05) is 0 Å². The molecule has 94 valence electrons. The van der Waals surface area contributed by atoms with Crippen molar-refractivity contribution in [1.82, 2.24) is 5.32 Å². The molecule has 0 aromatic carbocycles. The topological polar surface area (TPSA) is 64.3 Å². The van der Waals surface area contributed by atoms with E-state index in [0.717, 1.165) is 25.7 Å². The molecule has 3 N–H and O–H groups in total. The van der Waals surface area contributed by atoms with Gasteiger partial charge >= 0.3 is 0 Å². The van der Waals surface area contributed by atoms with Crippen molar-refractivity contribution in [1.29, 1.82) is 0 Å². The van der Waals surface area contributed by atoms with Crippen LogP contribution >= 0.6 is 0 Å². The Kier molecular flexibility index (Phi) is 4.74. The molecule has 1 aliphatic rings. The van der Waals surface area contributed by atoms with Gasteiger partial charge in [0.2, 0.25) is 5.91 Å². The second-order valence-corrected chi connectivity index (χ2v) is 5.42. The van der Waals surface area contributed by atoms with Gasteiger partial charge in [-0.2, -0.15) is 0 Å². The van der Waals surface area contributed by atoms with Gasteiger partial charge in [0.15, 0.2) is 0 Å². The van der Waals surface area contributed by atoms with Crippen LogP contribution in [0.5, 0.6) is 0 Å². The molecule has 4 nitrogen and oxygen atoms in total. The fourth-order valence-electron chi connectivity index (χ4n) is 2.02. The lowest BCUT2D eigenvalue weighted by Gasteiger charge is -2.19. The Balaban J connectivity index is 2.20. The van der Waals surface area contributed by atoms with Gasteiger partial charge in [0, 0.05) is 25.1 Å². The molecule has 16 heavy (non-hydrogen) atoms. The number of carbonyl (C=O) groups excluding carboxylic acids is 1. The molecule has 1 fully saturated rings. The molecule has 0 bridgehead atoms. The van der Waals surface area contributed by atoms with Crippen LogP contribution in [0.25, 0.3) is 0 Å². The maximum absolute atomic E-state index is 11.6. The Morgan fingerprint density at radius 1 is 1.50 bits per heavy atom. The quantitative estimate of drug-likeness (QED) is 0.743. The molecular formula is C12H24N2O2. The van der Waals surface area contributed by atoms with Crippen molar-refractivity contribution >= 4 is 5.91 Å². The van der Waals surface area contributed by atoms with Crippen LogP contribution in [0, 0.1) is 0 Å². The molecule has 0 aromatic rings. The molecule has 1 amide bonds. The van der Waals surface area contributed by atoms with E-state index in [-0.39, 0.29) is 11.4 Å². The predicted octanol–water partition coefficient (Wildman–Crippen LogP) is 1.19. The Morgan fingerprint density at radius 2 is 2.19 bits per heavy atom. The lowest BCUT2D eigenvalue weighted by molar-refractivity contribution is -0.122. The zero-order chi connectivity index (χ0) is 12.2. The zero-order valence-electron chi connectivity index (χ0n) is 10.6. The molecule has 1 saturated carbocycles. The number of nitrogens with one attached hydrogen (secondary N) is 1. The van der Waals surface area contributed by atoms with E-state index in [9.17, 15) is 4.79 Å². The molecule has 0 heterocycles. The maximum Gasteiger partial charge on any atom is 0.220 e. The van der Waals surface area contributed by atoms with E-state index in [2.05, 4.69) is 5.32 Å². The van der Waals surface area contributed by atoms with Gasteiger partial charge in [-0.15, -0.1) is 0 Å².